The summed E-state index contributed by atoms with van der Waals surface area (Å²) in [5.74, 6) is -0.859. The van der Waals surface area contributed by atoms with Gasteiger partial charge in [-0.2, -0.15) is 0 Å². The Morgan fingerprint density at radius 3 is 2.04 bits per heavy atom. The topological polar surface area (TPSA) is 86.8 Å². The molecule has 2 amide bonds. The first-order chi connectivity index (χ1) is 21.9. The molecule has 7 nitrogen and oxygen atoms in total. The van der Waals surface area contributed by atoms with Gasteiger partial charge in [0.25, 0.3) is 10.0 Å². The maximum Gasteiger partial charge on any atom is 0.264 e. The van der Waals surface area contributed by atoms with Crippen LogP contribution in [0.4, 0.5) is 5.69 Å². The Labute approximate surface area is 286 Å². The van der Waals surface area contributed by atoms with Crippen molar-refractivity contribution >= 4 is 62.3 Å². The third-order valence-electron chi connectivity index (χ3n) is 7.40. The van der Waals surface area contributed by atoms with Gasteiger partial charge in [-0.05, 0) is 60.4 Å². The highest BCUT2D eigenvalue weighted by atomic mass is 35.5. The summed E-state index contributed by atoms with van der Waals surface area (Å²) in [6.07, 6.45) is 0.167. The molecule has 0 saturated heterocycles. The summed E-state index contributed by atoms with van der Waals surface area (Å²) in [5.41, 5.74) is 2.08. The average Bonchev–Trinajstić information content (AvgIpc) is 3.03. The van der Waals surface area contributed by atoms with E-state index in [0.717, 1.165) is 9.87 Å². The van der Waals surface area contributed by atoms with E-state index in [-0.39, 0.29) is 35.4 Å². The van der Waals surface area contributed by atoms with Gasteiger partial charge in [-0.1, -0.05) is 109 Å². The van der Waals surface area contributed by atoms with Crippen molar-refractivity contribution < 1.29 is 18.0 Å². The molecule has 242 valence electrons. The highest BCUT2D eigenvalue weighted by Gasteiger charge is 2.35. The van der Waals surface area contributed by atoms with Crippen LogP contribution in [0.1, 0.15) is 30.5 Å². The van der Waals surface area contributed by atoms with E-state index in [1.54, 1.807) is 55.5 Å². The quantitative estimate of drug-likeness (QED) is 0.156. The van der Waals surface area contributed by atoms with Crippen LogP contribution in [0.5, 0.6) is 0 Å². The number of amides is 2. The molecule has 4 aromatic carbocycles. The van der Waals surface area contributed by atoms with Gasteiger partial charge >= 0.3 is 0 Å². The van der Waals surface area contributed by atoms with Crippen LogP contribution in [0, 0.1) is 12.8 Å². The summed E-state index contributed by atoms with van der Waals surface area (Å²) in [7, 11) is -4.26. The van der Waals surface area contributed by atoms with Crippen molar-refractivity contribution in [3.8, 4) is 0 Å². The number of hydrogen-bond acceptors (Lipinski definition) is 4. The second kappa shape index (κ2) is 15.8. The van der Waals surface area contributed by atoms with Gasteiger partial charge < -0.3 is 10.2 Å². The fourth-order valence-electron chi connectivity index (χ4n) is 4.91. The van der Waals surface area contributed by atoms with Crippen molar-refractivity contribution in [2.24, 2.45) is 5.92 Å². The summed E-state index contributed by atoms with van der Waals surface area (Å²) in [6, 6.07) is 26.0. The lowest BCUT2D eigenvalue weighted by Crippen LogP contribution is -2.54. The summed E-state index contributed by atoms with van der Waals surface area (Å²) >= 11 is 19.5. The van der Waals surface area contributed by atoms with E-state index in [2.05, 4.69) is 5.32 Å². The van der Waals surface area contributed by atoms with Crippen LogP contribution in [-0.4, -0.2) is 44.3 Å². The van der Waals surface area contributed by atoms with Crippen LogP contribution in [-0.2, 0) is 32.6 Å². The zero-order valence-electron chi connectivity index (χ0n) is 25.8. The number of hydrogen-bond donors (Lipinski definition) is 1. The molecule has 4 aromatic rings. The van der Waals surface area contributed by atoms with Crippen molar-refractivity contribution in [2.75, 3.05) is 17.4 Å². The van der Waals surface area contributed by atoms with E-state index in [4.69, 9.17) is 34.8 Å². The fraction of sp³-hybridized carbons (Fsp3) is 0.257. The molecule has 0 saturated carbocycles. The first kappa shape index (κ1) is 35.3. The lowest BCUT2D eigenvalue weighted by molar-refractivity contribution is -0.140. The van der Waals surface area contributed by atoms with Crippen molar-refractivity contribution in [1.82, 2.24) is 10.2 Å². The van der Waals surface area contributed by atoms with Crippen molar-refractivity contribution in [3.05, 3.63) is 129 Å². The molecule has 0 radical (unpaired) electrons. The zero-order valence-corrected chi connectivity index (χ0v) is 28.9. The Balaban J connectivity index is 1.86. The average molecular weight is 701 g/mol. The van der Waals surface area contributed by atoms with E-state index in [9.17, 15) is 18.0 Å². The Hall–Kier alpha value is -3.56. The number of carbonyl (C=O) groups excluding carboxylic acids is 2. The molecule has 0 fully saturated rings. The van der Waals surface area contributed by atoms with Crippen LogP contribution in [0.3, 0.4) is 0 Å². The maximum atomic E-state index is 14.6. The molecule has 46 heavy (non-hydrogen) atoms. The van der Waals surface area contributed by atoms with Gasteiger partial charge in [0.1, 0.15) is 12.6 Å². The second-order valence-corrected chi connectivity index (χ2v) is 14.4. The van der Waals surface area contributed by atoms with Crippen LogP contribution in [0.2, 0.25) is 15.1 Å². The van der Waals surface area contributed by atoms with E-state index in [1.165, 1.54) is 23.1 Å². The molecule has 0 aromatic heterocycles. The monoisotopic (exact) mass is 699 g/mol. The third-order valence-corrected chi connectivity index (χ3v) is 10.1. The summed E-state index contributed by atoms with van der Waals surface area (Å²) in [6.45, 7) is 5.30. The minimum absolute atomic E-state index is 0.00149. The molecule has 1 atom stereocenters. The number of halogens is 3. The standard InChI is InChI=1S/C35H36Cl3N3O4S/c1-24(2)21-39-35(43)33(19-26-11-6-4-7-12-26)40(22-29-30(37)15-10-16-31(29)38)34(42)23-41(32-20-27(36)18-17-25(32)3)46(44,45)28-13-8-5-9-14-28/h4-18,20,24,33H,19,21-23H2,1-3H3,(H,39,43)/t33-/m0/s1. The van der Waals surface area contributed by atoms with Crippen molar-refractivity contribution in [2.45, 2.75) is 44.7 Å². The van der Waals surface area contributed by atoms with Gasteiger partial charge in [0.2, 0.25) is 11.8 Å². The molecule has 0 bridgehead atoms. The number of rotatable bonds is 13. The SMILES string of the molecule is Cc1ccc(Cl)cc1N(CC(=O)N(Cc1c(Cl)cccc1Cl)[C@@H](Cc1ccccc1)C(=O)NCC(C)C)S(=O)(=O)c1ccccc1. The smallest absolute Gasteiger partial charge is 0.264 e. The van der Waals surface area contributed by atoms with E-state index in [1.807, 2.05) is 44.2 Å². The Kier molecular flexibility index (Phi) is 12.1. The predicted molar refractivity (Wildman–Crippen MR) is 186 cm³/mol. The molecule has 0 aliphatic carbocycles. The minimum Gasteiger partial charge on any atom is -0.354 e. The van der Waals surface area contributed by atoms with E-state index < -0.39 is 28.5 Å². The maximum absolute atomic E-state index is 14.6. The Morgan fingerprint density at radius 2 is 1.43 bits per heavy atom. The molecular weight excluding hydrogens is 665 g/mol. The van der Waals surface area contributed by atoms with Gasteiger partial charge in [-0.15, -0.1) is 0 Å². The number of sulfonamides is 1. The normalized spacial score (nSPS) is 12.1. The van der Waals surface area contributed by atoms with Crippen LogP contribution < -0.4 is 9.62 Å². The zero-order chi connectivity index (χ0) is 33.4. The summed E-state index contributed by atoms with van der Waals surface area (Å²) in [5, 5.41) is 3.89. The fourth-order valence-corrected chi connectivity index (χ4v) is 7.09. The Morgan fingerprint density at radius 1 is 0.826 bits per heavy atom. The van der Waals surface area contributed by atoms with Crippen LogP contribution in [0.25, 0.3) is 0 Å². The number of anilines is 1. The first-order valence-corrected chi connectivity index (χ1v) is 17.3. The summed E-state index contributed by atoms with van der Waals surface area (Å²) < 4.78 is 29.4. The number of benzene rings is 4. The highest BCUT2D eigenvalue weighted by molar-refractivity contribution is 7.92. The van der Waals surface area contributed by atoms with Gasteiger partial charge in [0, 0.05) is 40.1 Å². The molecule has 4 rings (SSSR count). The lowest BCUT2D eigenvalue weighted by atomic mass is 10.0. The molecule has 0 spiro atoms. The van der Waals surface area contributed by atoms with Crippen molar-refractivity contribution in [1.29, 1.82) is 0 Å². The van der Waals surface area contributed by atoms with Gasteiger partial charge in [-0.3, -0.25) is 13.9 Å². The highest BCUT2D eigenvalue weighted by Crippen LogP contribution is 2.31. The van der Waals surface area contributed by atoms with Crippen LogP contribution in [0.15, 0.2) is 102 Å². The molecule has 1 N–H and O–H groups in total. The lowest BCUT2D eigenvalue weighted by Gasteiger charge is -2.34. The van der Waals surface area contributed by atoms with E-state index >= 15 is 0 Å². The van der Waals surface area contributed by atoms with E-state index in [0.29, 0.717) is 32.7 Å². The number of nitrogens with one attached hydrogen (secondary N) is 1. The largest absolute Gasteiger partial charge is 0.354 e. The van der Waals surface area contributed by atoms with Crippen LogP contribution >= 0.6 is 34.8 Å². The molecule has 0 heterocycles. The third kappa shape index (κ3) is 8.82. The van der Waals surface area contributed by atoms with Gasteiger partial charge in [-0.25, -0.2) is 8.42 Å². The summed E-state index contributed by atoms with van der Waals surface area (Å²) in [4.78, 5) is 29.9. The number of aryl methyl sites for hydroxylation is 1. The Bertz CT molecular complexity index is 1750. The molecule has 0 aliphatic heterocycles. The second-order valence-electron chi connectivity index (χ2n) is 11.3. The molecule has 0 aliphatic rings. The minimum atomic E-state index is -4.26. The van der Waals surface area contributed by atoms with Gasteiger partial charge in [0.15, 0.2) is 0 Å². The van der Waals surface area contributed by atoms with Crippen molar-refractivity contribution in [3.63, 3.8) is 0 Å². The number of carbonyl (C=O) groups is 2. The molecular formula is C35H36Cl3N3O4S. The number of nitrogens with zero attached hydrogens (tertiary/aromatic N) is 2. The van der Waals surface area contributed by atoms with Gasteiger partial charge in [0.05, 0.1) is 10.6 Å². The predicted octanol–water partition coefficient (Wildman–Crippen LogP) is 7.56. The molecule has 11 heteroatoms. The first-order valence-electron chi connectivity index (χ1n) is 14.8. The molecule has 0 unspecified atom stereocenters.